The molecule has 22 heteroatoms. The van der Waals surface area contributed by atoms with Crippen molar-refractivity contribution < 1.29 is 72.1 Å². The predicted octanol–water partition coefficient (Wildman–Crippen LogP) is -2.53. The van der Waals surface area contributed by atoms with Crippen molar-refractivity contribution in [2.45, 2.75) is 61.8 Å². The number of carbonyl (C=O) groups excluding carboxylic acids is 1. The van der Waals surface area contributed by atoms with Gasteiger partial charge in [-0.3, -0.25) is 18.5 Å². The Morgan fingerprint density at radius 1 is 1.09 bits per heavy atom. The first-order valence-electron chi connectivity index (χ1n) is 12.8. The van der Waals surface area contributed by atoms with Crippen molar-refractivity contribution in [3.8, 4) is 0 Å². The highest BCUT2D eigenvalue weighted by molar-refractivity contribution is 7.54. The number of aromatic nitrogens is 5. The third kappa shape index (κ3) is 6.31. The topological polar surface area (TPSA) is 303 Å². The summed E-state index contributed by atoms with van der Waals surface area (Å²) in [6, 6.07) is 3.01. The van der Waals surface area contributed by atoms with Crippen LogP contribution in [0.25, 0.3) is 11.2 Å². The second-order valence-electron chi connectivity index (χ2n) is 10.0. The maximum absolute atomic E-state index is 13.4. The van der Waals surface area contributed by atoms with Crippen molar-refractivity contribution in [3.05, 3.63) is 42.7 Å². The standard InChI is InChI=1S/C22H28N6O14P2/c1-9(29)10-3-2-4-27(5-10)20-15(32)13(30)11(40-20)6-39-43(34,35)22(42-44(36,37)38)17-14(31)16(33)21(41-17)28-8-26-12-18(23)24-7-25-19(12)28/h2-5,7-8,11,13-17,20-22,30-33H,6H2,1H3,(H4-,23,24,25,34,35,36,37,38)/p+1. The molecule has 9 N–H and O–H groups in total. The number of rotatable bonds is 10. The zero-order valence-electron chi connectivity index (χ0n) is 22.6. The molecule has 2 fully saturated rings. The largest absolute Gasteiger partial charge is 0.470 e. The van der Waals surface area contributed by atoms with Gasteiger partial charge in [-0.2, -0.15) is 4.57 Å². The van der Waals surface area contributed by atoms with E-state index >= 15 is 0 Å². The molecule has 3 aromatic rings. The Bertz CT molecular complexity index is 1640. The van der Waals surface area contributed by atoms with Crippen LogP contribution in [0.2, 0.25) is 0 Å². The molecule has 20 nitrogen and oxygen atoms in total. The molecule has 0 spiro atoms. The Hall–Kier alpha value is -2.81. The van der Waals surface area contributed by atoms with Crippen LogP contribution in [0, 0.1) is 0 Å². The van der Waals surface area contributed by atoms with Crippen LogP contribution in [-0.4, -0.2) is 109 Å². The van der Waals surface area contributed by atoms with Crippen LogP contribution in [-0.2, 0) is 27.7 Å². The van der Waals surface area contributed by atoms with E-state index in [9.17, 15) is 49.0 Å². The summed E-state index contributed by atoms with van der Waals surface area (Å²) in [7, 11) is -11.0. The molecule has 0 radical (unpaired) electrons. The first-order valence-corrected chi connectivity index (χ1v) is 16.0. The highest BCUT2D eigenvalue weighted by Crippen LogP contribution is 2.58. The summed E-state index contributed by atoms with van der Waals surface area (Å²) in [5.41, 5.74) is 6.17. The SMILES string of the molecule is CC(=O)c1ccc[n+](C2OC(COP(=O)(O)C(OP(=O)(O)O)C3OC(n4cnc5c(N)ncnc54)C(O)C3O)C(O)C2O)c1. The Morgan fingerprint density at radius 2 is 1.82 bits per heavy atom. The Morgan fingerprint density at radius 3 is 2.50 bits per heavy atom. The van der Waals surface area contributed by atoms with Crippen molar-refractivity contribution in [3.63, 3.8) is 0 Å². The lowest BCUT2D eigenvalue weighted by atomic mass is 10.1. The van der Waals surface area contributed by atoms with Crippen LogP contribution in [0.15, 0.2) is 37.2 Å². The number of fused-ring (bicyclic) bond motifs is 1. The average Bonchev–Trinajstić information content (AvgIpc) is 3.60. The highest BCUT2D eigenvalue weighted by Gasteiger charge is 2.57. The van der Waals surface area contributed by atoms with E-state index in [1.807, 2.05) is 0 Å². The molecule has 10 unspecified atom stereocenters. The van der Waals surface area contributed by atoms with Crippen molar-refractivity contribution in [2.75, 3.05) is 12.3 Å². The van der Waals surface area contributed by atoms with Gasteiger partial charge in [0.25, 0.3) is 6.23 Å². The number of nitrogens with two attached hydrogens (primary N) is 1. The summed E-state index contributed by atoms with van der Waals surface area (Å²) in [6.07, 6.45) is -8.55. The quantitative estimate of drug-likeness (QED) is 0.0630. The van der Waals surface area contributed by atoms with Gasteiger partial charge in [0.15, 0.2) is 47.8 Å². The van der Waals surface area contributed by atoms with Gasteiger partial charge in [0.05, 0.1) is 18.5 Å². The zero-order chi connectivity index (χ0) is 32.1. The monoisotopic (exact) mass is 663 g/mol. The molecule has 0 amide bonds. The minimum absolute atomic E-state index is 0.0251. The maximum atomic E-state index is 13.4. The molecule has 0 aliphatic carbocycles. The fourth-order valence-corrected chi connectivity index (χ4v) is 7.25. The molecule has 0 saturated carbocycles. The number of anilines is 1. The van der Waals surface area contributed by atoms with Crippen LogP contribution >= 0.6 is 15.4 Å². The average molecular weight is 663 g/mol. The van der Waals surface area contributed by atoms with Crippen LogP contribution in [0.1, 0.15) is 29.7 Å². The van der Waals surface area contributed by atoms with Gasteiger partial charge in [-0.05, 0) is 13.0 Å². The fraction of sp³-hybridized carbons (Fsp3) is 0.500. The number of hydrogen-bond donors (Lipinski definition) is 8. The Labute approximate surface area is 247 Å². The van der Waals surface area contributed by atoms with Gasteiger partial charge in [0.2, 0.25) is 0 Å². The first-order chi connectivity index (χ1) is 20.6. The lowest BCUT2D eigenvalue weighted by molar-refractivity contribution is -0.765. The number of aliphatic hydroxyl groups excluding tert-OH is 4. The molecule has 2 aliphatic rings. The van der Waals surface area contributed by atoms with E-state index in [1.165, 1.54) is 36.0 Å². The lowest BCUT2D eigenvalue weighted by Gasteiger charge is -2.29. The number of imidazole rings is 1. The number of nitrogen functional groups attached to an aromatic ring is 1. The summed E-state index contributed by atoms with van der Waals surface area (Å²) in [5.74, 6) is -2.90. The smallest absolute Gasteiger partial charge is 0.387 e. The van der Waals surface area contributed by atoms with Gasteiger partial charge in [-0.25, -0.2) is 19.5 Å². The number of phosphoric acid groups is 1. The van der Waals surface area contributed by atoms with Crippen LogP contribution in [0.4, 0.5) is 5.82 Å². The van der Waals surface area contributed by atoms with E-state index in [4.69, 9.17) is 19.7 Å². The zero-order valence-corrected chi connectivity index (χ0v) is 24.4. The van der Waals surface area contributed by atoms with E-state index < -0.39 is 76.9 Å². The number of pyridine rings is 1. The van der Waals surface area contributed by atoms with Gasteiger partial charge >= 0.3 is 15.4 Å². The number of nitrogens with zero attached hydrogens (tertiary/aromatic N) is 5. The second-order valence-corrected chi connectivity index (χ2v) is 13.1. The number of phosphoric ester groups is 1. The molecule has 5 heterocycles. The summed E-state index contributed by atoms with van der Waals surface area (Å²) in [6.45, 7) is 0.397. The molecule has 2 saturated heterocycles. The van der Waals surface area contributed by atoms with Gasteiger partial charge < -0.3 is 54.8 Å². The van der Waals surface area contributed by atoms with Crippen LogP contribution < -0.4 is 10.3 Å². The number of aliphatic hydroxyl groups is 4. The molecule has 10 atom stereocenters. The normalized spacial score (nSPS) is 31.3. The van der Waals surface area contributed by atoms with Crippen molar-refractivity contribution in [1.29, 1.82) is 0 Å². The molecule has 240 valence electrons. The molecular weight excluding hydrogens is 634 g/mol. The molecular formula is C22H29N6O14P2+. The highest BCUT2D eigenvalue weighted by atomic mass is 31.2. The number of hydrogen-bond acceptors (Lipinski definition) is 15. The maximum Gasteiger partial charge on any atom is 0.470 e. The van der Waals surface area contributed by atoms with Crippen molar-refractivity contribution in [1.82, 2.24) is 19.5 Å². The third-order valence-corrected chi connectivity index (χ3v) is 9.30. The van der Waals surface area contributed by atoms with Crippen LogP contribution in [0.5, 0.6) is 0 Å². The summed E-state index contributed by atoms with van der Waals surface area (Å²) >= 11 is 0. The van der Waals surface area contributed by atoms with Gasteiger partial charge in [-0.1, -0.05) is 0 Å². The van der Waals surface area contributed by atoms with E-state index in [2.05, 4.69) is 19.5 Å². The Kier molecular flexibility index (Phi) is 9.02. The second kappa shape index (κ2) is 12.2. The summed E-state index contributed by atoms with van der Waals surface area (Å²) < 4.78 is 48.4. The first kappa shape index (κ1) is 32.6. The van der Waals surface area contributed by atoms with E-state index in [-0.39, 0.29) is 28.3 Å². The van der Waals surface area contributed by atoms with Gasteiger partial charge in [0.1, 0.15) is 42.4 Å². The minimum Gasteiger partial charge on any atom is -0.387 e. The van der Waals surface area contributed by atoms with Crippen LogP contribution in [0.3, 0.4) is 0 Å². The summed E-state index contributed by atoms with van der Waals surface area (Å²) in [4.78, 5) is 53.3. The number of ketones is 1. The number of ether oxygens (including phenoxy) is 2. The molecule has 2 aliphatic heterocycles. The van der Waals surface area contributed by atoms with Crippen molar-refractivity contribution in [2.24, 2.45) is 0 Å². The molecule has 0 bridgehead atoms. The number of carbonyl (C=O) groups is 1. The van der Waals surface area contributed by atoms with Gasteiger partial charge in [-0.15, -0.1) is 0 Å². The van der Waals surface area contributed by atoms with E-state index in [0.717, 1.165) is 17.2 Å². The molecule has 5 rings (SSSR count). The molecule has 3 aromatic heterocycles. The lowest BCUT2D eigenvalue weighted by Crippen LogP contribution is -2.46. The molecule has 0 aromatic carbocycles. The minimum atomic E-state index is -5.57. The van der Waals surface area contributed by atoms with Gasteiger partial charge in [0, 0.05) is 6.07 Å². The molecule has 44 heavy (non-hydrogen) atoms. The van der Waals surface area contributed by atoms with Crippen molar-refractivity contribution >= 4 is 38.2 Å². The predicted molar refractivity (Wildman–Crippen MR) is 141 cm³/mol. The van der Waals surface area contributed by atoms with E-state index in [1.54, 1.807) is 0 Å². The Balaban J connectivity index is 1.36. The van der Waals surface area contributed by atoms with E-state index in [0.29, 0.717) is 0 Å². The summed E-state index contributed by atoms with van der Waals surface area (Å²) in [5, 5.41) is 42.6. The fourth-order valence-electron chi connectivity index (χ4n) is 4.88. The number of Topliss-reactive ketones (excluding diaryl/α,β-unsaturated/α-hetero) is 1. The third-order valence-electron chi connectivity index (χ3n) is 7.07.